The first-order valence-corrected chi connectivity index (χ1v) is 13.8. The topological polar surface area (TPSA) is 39.9 Å². The molecule has 0 unspecified atom stereocenters. The van der Waals surface area contributed by atoms with E-state index >= 15 is 0 Å². The number of piperazine rings is 1. The normalized spacial score (nSPS) is 18.6. The number of fused-ring (bicyclic) bond motifs is 2. The summed E-state index contributed by atoms with van der Waals surface area (Å²) in [5.74, 6) is 1.24. The maximum Gasteiger partial charge on any atom is 0.138 e. The SMILES string of the molecule is CN1CCN(c2cccc3nc(CN(Cc4ccc(Br)cc4)[C@H]4CCCc5cccnc54)cn23)CC1. The summed E-state index contributed by atoms with van der Waals surface area (Å²) in [7, 11) is 2.20. The third kappa shape index (κ3) is 4.92. The number of halogens is 1. The van der Waals surface area contributed by atoms with Crippen molar-refractivity contribution < 1.29 is 0 Å². The molecule has 4 aromatic rings. The van der Waals surface area contributed by atoms with Gasteiger partial charge in [0.1, 0.15) is 11.5 Å². The average molecular weight is 546 g/mol. The average Bonchev–Trinajstić information content (AvgIpc) is 3.32. The van der Waals surface area contributed by atoms with Gasteiger partial charge in [0.15, 0.2) is 0 Å². The first-order chi connectivity index (χ1) is 17.6. The van der Waals surface area contributed by atoms with E-state index in [1.807, 2.05) is 6.20 Å². The van der Waals surface area contributed by atoms with Gasteiger partial charge >= 0.3 is 0 Å². The molecule has 0 bridgehead atoms. The third-order valence-corrected chi connectivity index (χ3v) is 8.15. The Morgan fingerprint density at radius 3 is 2.64 bits per heavy atom. The van der Waals surface area contributed by atoms with Crippen LogP contribution in [0.1, 0.15) is 41.4 Å². The predicted molar refractivity (Wildman–Crippen MR) is 148 cm³/mol. The van der Waals surface area contributed by atoms with Crippen LogP contribution in [-0.4, -0.2) is 57.4 Å². The second kappa shape index (κ2) is 10.3. The van der Waals surface area contributed by atoms with Gasteiger partial charge in [0.05, 0.1) is 17.4 Å². The molecule has 2 aliphatic rings. The van der Waals surface area contributed by atoms with E-state index < -0.39 is 0 Å². The largest absolute Gasteiger partial charge is 0.355 e. The highest BCUT2D eigenvalue weighted by molar-refractivity contribution is 9.10. The van der Waals surface area contributed by atoms with Crippen molar-refractivity contribution in [2.45, 2.75) is 38.4 Å². The molecule has 6 rings (SSSR count). The number of hydrogen-bond acceptors (Lipinski definition) is 5. The fraction of sp³-hybridized carbons (Fsp3) is 0.379. The maximum atomic E-state index is 5.09. The molecule has 1 atom stereocenters. The molecule has 186 valence electrons. The summed E-state index contributed by atoms with van der Waals surface area (Å²) in [5.41, 5.74) is 6.07. The Balaban J connectivity index is 1.33. The van der Waals surface area contributed by atoms with E-state index in [0.717, 1.165) is 67.9 Å². The standard InChI is InChI=1S/C29H33BrN6/c1-33-15-17-34(18-16-33)28-9-3-8-27-32-25(21-36(27)28)20-35(19-22-10-12-24(30)13-11-22)26-7-2-5-23-6-4-14-31-29(23)26/h3-4,6,8-14,21,26H,2,5,7,15-20H2,1H3/t26-/m0/s1. The summed E-state index contributed by atoms with van der Waals surface area (Å²) in [6.07, 6.45) is 7.63. The lowest BCUT2D eigenvalue weighted by atomic mass is 9.90. The molecule has 0 saturated carbocycles. The van der Waals surface area contributed by atoms with Gasteiger partial charge in [0.25, 0.3) is 0 Å². The van der Waals surface area contributed by atoms with Crippen LogP contribution in [0.25, 0.3) is 5.65 Å². The van der Waals surface area contributed by atoms with E-state index in [-0.39, 0.29) is 0 Å². The molecule has 0 radical (unpaired) electrons. The Labute approximate surface area is 221 Å². The number of nitrogens with zero attached hydrogens (tertiary/aromatic N) is 6. The fourth-order valence-electron chi connectivity index (χ4n) is 5.67. The highest BCUT2D eigenvalue weighted by atomic mass is 79.9. The van der Waals surface area contributed by atoms with Crippen molar-refractivity contribution >= 4 is 27.4 Å². The van der Waals surface area contributed by atoms with Crippen LogP contribution in [-0.2, 0) is 19.5 Å². The van der Waals surface area contributed by atoms with Gasteiger partial charge in [-0.15, -0.1) is 0 Å². The third-order valence-electron chi connectivity index (χ3n) is 7.62. The number of pyridine rings is 2. The van der Waals surface area contributed by atoms with Crippen LogP contribution < -0.4 is 4.90 Å². The molecular formula is C29H33BrN6. The zero-order valence-electron chi connectivity index (χ0n) is 20.9. The maximum absolute atomic E-state index is 5.09. The summed E-state index contributed by atoms with van der Waals surface area (Å²) in [6.45, 7) is 5.93. The van der Waals surface area contributed by atoms with Gasteiger partial charge in [-0.3, -0.25) is 14.3 Å². The molecule has 0 amide bonds. The Bertz CT molecular complexity index is 1330. The van der Waals surface area contributed by atoms with E-state index in [2.05, 4.69) is 103 Å². The smallest absolute Gasteiger partial charge is 0.138 e. The second-order valence-electron chi connectivity index (χ2n) is 10.1. The van der Waals surface area contributed by atoms with Gasteiger partial charge in [-0.1, -0.05) is 40.2 Å². The number of imidazole rings is 1. The monoisotopic (exact) mass is 544 g/mol. The first kappa shape index (κ1) is 23.6. The van der Waals surface area contributed by atoms with Crippen LogP contribution in [0, 0.1) is 0 Å². The molecule has 1 aliphatic heterocycles. The molecule has 3 aromatic heterocycles. The first-order valence-electron chi connectivity index (χ1n) is 13.0. The minimum absolute atomic E-state index is 0.292. The molecule has 1 fully saturated rings. The molecule has 6 nitrogen and oxygen atoms in total. The van der Waals surface area contributed by atoms with Crippen molar-refractivity contribution in [2.75, 3.05) is 38.1 Å². The molecule has 1 aliphatic carbocycles. The van der Waals surface area contributed by atoms with Gasteiger partial charge < -0.3 is 9.80 Å². The lowest BCUT2D eigenvalue weighted by molar-refractivity contribution is 0.155. The van der Waals surface area contributed by atoms with Crippen LogP contribution >= 0.6 is 15.9 Å². The quantitative estimate of drug-likeness (QED) is 0.328. The molecule has 36 heavy (non-hydrogen) atoms. The number of likely N-dealkylation sites (N-methyl/N-ethyl adjacent to an activating group) is 1. The van der Waals surface area contributed by atoms with E-state index in [0.29, 0.717) is 6.04 Å². The molecule has 1 aromatic carbocycles. The minimum atomic E-state index is 0.292. The lowest BCUT2D eigenvalue weighted by Crippen LogP contribution is -2.45. The lowest BCUT2D eigenvalue weighted by Gasteiger charge is -2.35. The molecule has 0 spiro atoms. The van der Waals surface area contributed by atoms with Crippen molar-refractivity contribution in [1.82, 2.24) is 24.2 Å². The van der Waals surface area contributed by atoms with Gasteiger partial charge in [0, 0.05) is 56.1 Å². The van der Waals surface area contributed by atoms with Crippen LogP contribution in [0.3, 0.4) is 0 Å². The zero-order valence-corrected chi connectivity index (χ0v) is 22.4. The van der Waals surface area contributed by atoms with Crippen LogP contribution in [0.15, 0.2) is 71.5 Å². The van der Waals surface area contributed by atoms with Crippen molar-refractivity contribution in [3.63, 3.8) is 0 Å². The summed E-state index contributed by atoms with van der Waals surface area (Å²) in [5, 5.41) is 0. The Morgan fingerprint density at radius 2 is 1.81 bits per heavy atom. The van der Waals surface area contributed by atoms with Crippen molar-refractivity contribution in [3.8, 4) is 0 Å². The molecule has 7 heteroatoms. The summed E-state index contributed by atoms with van der Waals surface area (Å²) in [6, 6.07) is 19.8. The molecule has 1 saturated heterocycles. The second-order valence-corrected chi connectivity index (χ2v) is 11.0. The van der Waals surface area contributed by atoms with Crippen LogP contribution in [0.2, 0.25) is 0 Å². The van der Waals surface area contributed by atoms with Gasteiger partial charge in [-0.25, -0.2) is 4.98 Å². The van der Waals surface area contributed by atoms with Gasteiger partial charge in [-0.05, 0) is 67.8 Å². The predicted octanol–water partition coefficient (Wildman–Crippen LogP) is 5.32. The Hall–Kier alpha value is -2.74. The Morgan fingerprint density at radius 1 is 0.972 bits per heavy atom. The molecular weight excluding hydrogens is 512 g/mol. The summed E-state index contributed by atoms with van der Waals surface area (Å²) in [4.78, 5) is 17.4. The van der Waals surface area contributed by atoms with Crippen molar-refractivity contribution in [3.05, 3.63) is 94.0 Å². The van der Waals surface area contributed by atoms with E-state index in [1.165, 1.54) is 29.1 Å². The highest BCUT2D eigenvalue weighted by Gasteiger charge is 2.28. The molecule has 0 N–H and O–H groups in total. The van der Waals surface area contributed by atoms with E-state index in [9.17, 15) is 0 Å². The van der Waals surface area contributed by atoms with Gasteiger partial charge in [0.2, 0.25) is 0 Å². The van der Waals surface area contributed by atoms with Crippen molar-refractivity contribution in [1.29, 1.82) is 0 Å². The Kier molecular flexibility index (Phi) is 6.78. The zero-order chi connectivity index (χ0) is 24.5. The molecule has 4 heterocycles. The van der Waals surface area contributed by atoms with Crippen molar-refractivity contribution in [2.24, 2.45) is 0 Å². The van der Waals surface area contributed by atoms with E-state index in [1.54, 1.807) is 0 Å². The van der Waals surface area contributed by atoms with Crippen LogP contribution in [0.4, 0.5) is 5.82 Å². The summed E-state index contributed by atoms with van der Waals surface area (Å²) >= 11 is 3.58. The fourth-order valence-corrected chi connectivity index (χ4v) is 5.93. The van der Waals surface area contributed by atoms with E-state index in [4.69, 9.17) is 9.97 Å². The number of rotatable bonds is 6. The highest BCUT2D eigenvalue weighted by Crippen LogP contribution is 2.35. The minimum Gasteiger partial charge on any atom is -0.355 e. The number of benzene rings is 1. The number of anilines is 1. The van der Waals surface area contributed by atoms with Gasteiger partial charge in [-0.2, -0.15) is 0 Å². The number of aromatic nitrogens is 3. The summed E-state index contributed by atoms with van der Waals surface area (Å²) < 4.78 is 3.39. The van der Waals surface area contributed by atoms with Crippen LogP contribution in [0.5, 0.6) is 0 Å². The number of aryl methyl sites for hydroxylation is 1. The number of hydrogen-bond donors (Lipinski definition) is 0.